The van der Waals surface area contributed by atoms with Crippen LogP contribution in [0.15, 0.2) is 58.1 Å². The van der Waals surface area contributed by atoms with Crippen LogP contribution in [0.1, 0.15) is 38.2 Å². The molecule has 0 aromatic heterocycles. The number of halogens is 1. The summed E-state index contributed by atoms with van der Waals surface area (Å²) < 4.78 is 6.91. The summed E-state index contributed by atoms with van der Waals surface area (Å²) in [7, 11) is 0. The lowest BCUT2D eigenvalue weighted by Gasteiger charge is -2.09. The Morgan fingerprint density at radius 2 is 1.91 bits per heavy atom. The molecule has 0 unspecified atom stereocenters. The van der Waals surface area contributed by atoms with Gasteiger partial charge < -0.3 is 4.74 Å². The molecule has 1 N–H and O–H groups in total. The standard InChI is InChI=1S/C19H23BrN2O/c1-2-3-4-8-13-23-19-12-11-17(20)14-16(19)15-21-22-18-9-6-5-7-10-18/h5-7,9-12,14-15,22H,2-4,8,13H2,1H3. The van der Waals surface area contributed by atoms with E-state index in [2.05, 4.69) is 33.4 Å². The first-order chi connectivity index (χ1) is 11.3. The molecule has 0 heterocycles. The molecule has 0 saturated heterocycles. The van der Waals surface area contributed by atoms with Crippen molar-refractivity contribution in [2.45, 2.75) is 32.6 Å². The Hall–Kier alpha value is -1.81. The zero-order valence-corrected chi connectivity index (χ0v) is 15.1. The monoisotopic (exact) mass is 374 g/mol. The van der Waals surface area contributed by atoms with Gasteiger partial charge in [0.15, 0.2) is 0 Å². The third-order valence-corrected chi connectivity index (χ3v) is 3.89. The zero-order chi connectivity index (χ0) is 16.3. The average molecular weight is 375 g/mol. The third kappa shape index (κ3) is 6.45. The highest BCUT2D eigenvalue weighted by atomic mass is 79.9. The van der Waals surface area contributed by atoms with Crippen molar-refractivity contribution in [3.8, 4) is 5.75 Å². The van der Waals surface area contributed by atoms with Gasteiger partial charge in [-0.2, -0.15) is 5.10 Å². The topological polar surface area (TPSA) is 33.6 Å². The summed E-state index contributed by atoms with van der Waals surface area (Å²) >= 11 is 3.50. The molecule has 0 fully saturated rings. The third-order valence-electron chi connectivity index (χ3n) is 3.40. The largest absolute Gasteiger partial charge is 0.493 e. The van der Waals surface area contributed by atoms with E-state index in [9.17, 15) is 0 Å². The second-order valence-electron chi connectivity index (χ2n) is 5.33. The first kappa shape index (κ1) is 17.5. The molecular weight excluding hydrogens is 352 g/mol. The van der Waals surface area contributed by atoms with E-state index in [0.29, 0.717) is 0 Å². The number of benzene rings is 2. The quantitative estimate of drug-likeness (QED) is 0.339. The molecule has 2 aromatic rings. The Balaban J connectivity index is 1.95. The molecule has 2 rings (SSSR count). The van der Waals surface area contributed by atoms with Gasteiger partial charge in [0, 0.05) is 10.0 Å². The number of nitrogens with one attached hydrogen (secondary N) is 1. The number of unbranched alkanes of at least 4 members (excludes halogenated alkanes) is 3. The molecule has 0 aliphatic heterocycles. The number of anilines is 1. The molecule has 2 aromatic carbocycles. The van der Waals surface area contributed by atoms with Crippen LogP contribution in [0.3, 0.4) is 0 Å². The maximum absolute atomic E-state index is 5.90. The molecule has 122 valence electrons. The molecule has 0 radical (unpaired) electrons. The number of hydrogen-bond acceptors (Lipinski definition) is 3. The van der Waals surface area contributed by atoms with Crippen molar-refractivity contribution in [1.29, 1.82) is 0 Å². The van der Waals surface area contributed by atoms with Crippen molar-refractivity contribution in [3.63, 3.8) is 0 Å². The summed E-state index contributed by atoms with van der Waals surface area (Å²) in [5.74, 6) is 0.864. The summed E-state index contributed by atoms with van der Waals surface area (Å²) in [6.07, 6.45) is 6.59. The van der Waals surface area contributed by atoms with Gasteiger partial charge >= 0.3 is 0 Å². The summed E-state index contributed by atoms with van der Waals surface area (Å²) in [6, 6.07) is 15.9. The SMILES string of the molecule is CCCCCCOc1ccc(Br)cc1C=NNc1ccccc1. The van der Waals surface area contributed by atoms with Gasteiger partial charge in [-0.3, -0.25) is 5.43 Å². The Morgan fingerprint density at radius 1 is 1.09 bits per heavy atom. The molecule has 0 atom stereocenters. The Bertz CT molecular complexity index is 614. The van der Waals surface area contributed by atoms with Gasteiger partial charge in [0.1, 0.15) is 5.75 Å². The van der Waals surface area contributed by atoms with Crippen molar-refractivity contribution in [3.05, 3.63) is 58.6 Å². The van der Waals surface area contributed by atoms with Crippen LogP contribution in [0.25, 0.3) is 0 Å². The average Bonchev–Trinajstić information content (AvgIpc) is 2.57. The van der Waals surface area contributed by atoms with Crippen LogP contribution in [0.5, 0.6) is 5.75 Å². The zero-order valence-electron chi connectivity index (χ0n) is 13.5. The summed E-state index contributed by atoms with van der Waals surface area (Å²) in [5, 5.41) is 4.30. The molecule has 0 aliphatic rings. The van der Waals surface area contributed by atoms with Crippen LogP contribution >= 0.6 is 15.9 Å². The minimum Gasteiger partial charge on any atom is -0.493 e. The highest BCUT2D eigenvalue weighted by molar-refractivity contribution is 9.10. The van der Waals surface area contributed by atoms with E-state index in [-0.39, 0.29) is 0 Å². The number of ether oxygens (including phenoxy) is 1. The Morgan fingerprint density at radius 3 is 2.70 bits per heavy atom. The van der Waals surface area contributed by atoms with Gasteiger partial charge in [-0.15, -0.1) is 0 Å². The molecule has 0 aliphatic carbocycles. The predicted octanol–water partition coefficient (Wildman–Crippen LogP) is 5.85. The second kappa shape index (κ2) is 10.1. The molecule has 0 spiro atoms. The van der Waals surface area contributed by atoms with E-state index in [1.54, 1.807) is 6.21 Å². The van der Waals surface area contributed by atoms with Gasteiger partial charge in [0.25, 0.3) is 0 Å². The van der Waals surface area contributed by atoms with Crippen molar-refractivity contribution in [2.75, 3.05) is 12.0 Å². The second-order valence-corrected chi connectivity index (χ2v) is 6.24. The van der Waals surface area contributed by atoms with E-state index in [0.717, 1.165) is 34.5 Å². The van der Waals surface area contributed by atoms with Crippen molar-refractivity contribution < 1.29 is 4.74 Å². The fourth-order valence-electron chi connectivity index (χ4n) is 2.15. The number of rotatable bonds is 9. The molecule has 4 heteroatoms. The molecule has 0 amide bonds. The fraction of sp³-hybridized carbons (Fsp3) is 0.316. The summed E-state index contributed by atoms with van der Waals surface area (Å²) in [5.41, 5.74) is 4.94. The number of nitrogens with zero attached hydrogens (tertiary/aromatic N) is 1. The van der Waals surface area contributed by atoms with Crippen LogP contribution in [0.4, 0.5) is 5.69 Å². The van der Waals surface area contributed by atoms with Crippen LogP contribution in [-0.2, 0) is 0 Å². The fourth-order valence-corrected chi connectivity index (χ4v) is 2.53. The molecule has 0 saturated carbocycles. The Kier molecular flexibility index (Phi) is 7.67. The van der Waals surface area contributed by atoms with Crippen molar-refractivity contribution >= 4 is 27.8 Å². The van der Waals surface area contributed by atoms with Crippen LogP contribution < -0.4 is 10.2 Å². The lowest BCUT2D eigenvalue weighted by atomic mass is 10.2. The number of hydrogen-bond donors (Lipinski definition) is 1. The van der Waals surface area contributed by atoms with E-state index in [4.69, 9.17) is 4.74 Å². The number of para-hydroxylation sites is 1. The maximum atomic E-state index is 5.90. The normalized spacial score (nSPS) is 10.9. The van der Waals surface area contributed by atoms with Gasteiger partial charge in [0.2, 0.25) is 0 Å². The molecule has 0 bridgehead atoms. The number of hydrazone groups is 1. The first-order valence-electron chi connectivity index (χ1n) is 8.06. The first-order valence-corrected chi connectivity index (χ1v) is 8.85. The van der Waals surface area contributed by atoms with E-state index < -0.39 is 0 Å². The van der Waals surface area contributed by atoms with E-state index in [1.807, 2.05) is 48.5 Å². The van der Waals surface area contributed by atoms with E-state index in [1.165, 1.54) is 19.3 Å². The van der Waals surface area contributed by atoms with E-state index >= 15 is 0 Å². The summed E-state index contributed by atoms with van der Waals surface area (Å²) in [4.78, 5) is 0. The van der Waals surface area contributed by atoms with Crippen LogP contribution in [0, 0.1) is 0 Å². The molecular formula is C19H23BrN2O. The van der Waals surface area contributed by atoms with Gasteiger partial charge in [-0.1, -0.05) is 60.3 Å². The van der Waals surface area contributed by atoms with Crippen molar-refractivity contribution in [1.82, 2.24) is 0 Å². The van der Waals surface area contributed by atoms with Crippen LogP contribution in [-0.4, -0.2) is 12.8 Å². The maximum Gasteiger partial charge on any atom is 0.128 e. The minimum absolute atomic E-state index is 0.745. The highest BCUT2D eigenvalue weighted by Crippen LogP contribution is 2.22. The molecule has 23 heavy (non-hydrogen) atoms. The molecule has 3 nitrogen and oxygen atoms in total. The highest BCUT2D eigenvalue weighted by Gasteiger charge is 2.03. The van der Waals surface area contributed by atoms with Crippen LogP contribution in [0.2, 0.25) is 0 Å². The Labute approximate surface area is 146 Å². The van der Waals surface area contributed by atoms with Crippen molar-refractivity contribution in [2.24, 2.45) is 5.10 Å². The van der Waals surface area contributed by atoms with Gasteiger partial charge in [-0.05, 0) is 36.8 Å². The summed E-state index contributed by atoms with van der Waals surface area (Å²) in [6.45, 7) is 2.96. The smallest absolute Gasteiger partial charge is 0.128 e. The van der Waals surface area contributed by atoms with Gasteiger partial charge in [-0.25, -0.2) is 0 Å². The lowest BCUT2D eigenvalue weighted by molar-refractivity contribution is 0.304. The lowest BCUT2D eigenvalue weighted by Crippen LogP contribution is -2.01. The van der Waals surface area contributed by atoms with Gasteiger partial charge in [0.05, 0.1) is 18.5 Å². The minimum atomic E-state index is 0.745. The predicted molar refractivity (Wildman–Crippen MR) is 101 cm³/mol.